The van der Waals surface area contributed by atoms with Gasteiger partial charge in [0.25, 0.3) is 0 Å². The summed E-state index contributed by atoms with van der Waals surface area (Å²) in [5.41, 5.74) is 7.37. The molecule has 234 valence electrons. The first-order chi connectivity index (χ1) is 24.7. The Kier molecular flexibility index (Phi) is 6.50. The van der Waals surface area contributed by atoms with Crippen LogP contribution >= 0.6 is 0 Å². The molecule has 0 aliphatic carbocycles. The minimum absolute atomic E-state index is 0.0456. The summed E-state index contributed by atoms with van der Waals surface area (Å²) in [7, 11) is 0. The molecule has 0 bridgehead atoms. The number of non-ortho nitro benzene ring substituents is 1. The van der Waals surface area contributed by atoms with Gasteiger partial charge in [0.2, 0.25) is 0 Å². The normalized spacial score (nSPS) is 11.8. The maximum atomic E-state index is 12.4. The summed E-state index contributed by atoms with van der Waals surface area (Å²) in [6.45, 7) is 0. The molecule has 0 unspecified atom stereocenters. The molecule has 0 amide bonds. The van der Waals surface area contributed by atoms with E-state index in [4.69, 9.17) is 0 Å². The minimum atomic E-state index is -0.238. The maximum absolute atomic E-state index is 12.4. The Hall–Kier alpha value is -6.06. The van der Waals surface area contributed by atoms with Crippen LogP contribution in [0.4, 0.5) is 5.69 Å². The zero-order valence-corrected chi connectivity index (χ0v) is 28.5. The first-order valence-electron chi connectivity index (χ1n) is 16.7. The summed E-state index contributed by atoms with van der Waals surface area (Å²) in [5.74, 6) is 0. The summed E-state index contributed by atoms with van der Waals surface area (Å²) < 4.78 is 2.73. The van der Waals surface area contributed by atoms with Gasteiger partial charge in [-0.25, -0.2) is 0 Å². The number of hydrogen-bond donors (Lipinski definition) is 0. The molecule has 9 aromatic carbocycles. The number of rotatable bonds is 4. The Labute approximate surface area is 293 Å². The second-order valence-corrected chi connectivity index (χ2v) is 15.0. The zero-order chi connectivity index (χ0) is 33.3. The average Bonchev–Trinajstić information content (AvgIpc) is 3.54. The van der Waals surface area contributed by atoms with Crippen molar-refractivity contribution in [3.63, 3.8) is 0 Å². The monoisotopic (exact) mass is 705 g/mol. The standard InChI is InChI=1S/C46H27NO2Se/c48-47(49)45-37-21-10-8-19-35(37)43(36-20-9-11-22-38(36)45)29-25-26-30-39-23-12-24-40(46(39)50-41(30)27-29)44-33-17-6-4-15-31(33)42(28-13-2-1-3-14-28)32-16-5-7-18-34(32)44/h1-27H. The van der Waals surface area contributed by atoms with E-state index in [0.29, 0.717) is 10.8 Å². The van der Waals surface area contributed by atoms with Crippen LogP contribution in [0.3, 0.4) is 0 Å². The van der Waals surface area contributed by atoms with Crippen LogP contribution in [0.2, 0.25) is 0 Å². The van der Waals surface area contributed by atoms with Gasteiger partial charge in [0, 0.05) is 0 Å². The summed E-state index contributed by atoms with van der Waals surface area (Å²) in [5, 5.41) is 23.1. The molecule has 0 fully saturated rings. The fourth-order valence-corrected chi connectivity index (χ4v) is 10.7. The number of benzene rings is 9. The first-order valence-corrected chi connectivity index (χ1v) is 18.4. The Morgan fingerprint density at radius 2 is 0.860 bits per heavy atom. The fraction of sp³-hybridized carbons (Fsp3) is 0. The topological polar surface area (TPSA) is 43.1 Å². The van der Waals surface area contributed by atoms with Crippen molar-refractivity contribution in [2.24, 2.45) is 0 Å². The van der Waals surface area contributed by atoms with Crippen LogP contribution in [0.1, 0.15) is 0 Å². The Bertz CT molecular complexity index is 2900. The van der Waals surface area contributed by atoms with Gasteiger partial charge in [-0.05, 0) is 0 Å². The van der Waals surface area contributed by atoms with Crippen LogP contribution in [0.25, 0.3) is 95.8 Å². The predicted octanol–water partition coefficient (Wildman–Crippen LogP) is 12.6. The van der Waals surface area contributed by atoms with Crippen molar-refractivity contribution in [3.8, 4) is 33.4 Å². The van der Waals surface area contributed by atoms with E-state index < -0.39 is 0 Å². The van der Waals surface area contributed by atoms with E-state index in [2.05, 4.69) is 115 Å². The Morgan fingerprint density at radius 1 is 0.400 bits per heavy atom. The molecular formula is C46H27NO2Se. The van der Waals surface area contributed by atoms with Crippen molar-refractivity contribution >= 4 is 82.6 Å². The molecule has 0 aliphatic rings. The van der Waals surface area contributed by atoms with E-state index in [1.165, 1.54) is 63.1 Å². The SMILES string of the molecule is O=[N+]([O-])c1c2ccccc2c(-c2ccc3c(c2)[se]c2c(-c4c5ccccc5c(-c5ccccc5)c5ccccc45)cccc23)c2ccccc12. The van der Waals surface area contributed by atoms with E-state index in [9.17, 15) is 10.1 Å². The number of nitro groups is 1. The first kappa shape index (κ1) is 28.9. The van der Waals surface area contributed by atoms with Gasteiger partial charge in [-0.2, -0.15) is 0 Å². The van der Waals surface area contributed by atoms with Crippen LogP contribution in [-0.2, 0) is 0 Å². The molecular weight excluding hydrogens is 677 g/mol. The molecule has 4 heteroatoms. The molecule has 0 spiro atoms. The Balaban J connectivity index is 1.26. The predicted molar refractivity (Wildman–Crippen MR) is 211 cm³/mol. The third-order valence-electron chi connectivity index (χ3n) is 10.1. The third kappa shape index (κ3) is 4.23. The van der Waals surface area contributed by atoms with Gasteiger partial charge in [0.05, 0.1) is 0 Å². The van der Waals surface area contributed by atoms with Crippen molar-refractivity contribution in [3.05, 3.63) is 174 Å². The van der Waals surface area contributed by atoms with Gasteiger partial charge in [-0.3, -0.25) is 0 Å². The molecule has 0 N–H and O–H groups in total. The molecule has 3 nitrogen and oxygen atoms in total. The summed E-state index contributed by atoms with van der Waals surface area (Å²) in [6, 6.07) is 57.5. The van der Waals surface area contributed by atoms with E-state index in [-0.39, 0.29) is 25.1 Å². The van der Waals surface area contributed by atoms with Crippen molar-refractivity contribution in [2.45, 2.75) is 0 Å². The van der Waals surface area contributed by atoms with E-state index in [1.54, 1.807) is 0 Å². The molecule has 0 saturated heterocycles. The summed E-state index contributed by atoms with van der Waals surface area (Å²) in [4.78, 5) is 12.1. The van der Waals surface area contributed by atoms with Crippen molar-refractivity contribution in [1.82, 2.24) is 0 Å². The van der Waals surface area contributed by atoms with E-state index >= 15 is 0 Å². The average molecular weight is 705 g/mol. The molecule has 1 aromatic heterocycles. The molecule has 1 heterocycles. The molecule has 10 aromatic rings. The summed E-state index contributed by atoms with van der Waals surface area (Å²) >= 11 is 0.0456. The molecule has 50 heavy (non-hydrogen) atoms. The van der Waals surface area contributed by atoms with Gasteiger partial charge in [-0.15, -0.1) is 0 Å². The van der Waals surface area contributed by atoms with Crippen LogP contribution in [0.15, 0.2) is 164 Å². The quantitative estimate of drug-likeness (QED) is 0.0792. The second kappa shape index (κ2) is 11.2. The van der Waals surface area contributed by atoms with Crippen LogP contribution < -0.4 is 0 Å². The van der Waals surface area contributed by atoms with E-state index in [1.807, 2.05) is 48.5 Å². The molecule has 0 saturated carbocycles. The zero-order valence-electron chi connectivity index (χ0n) is 26.8. The van der Waals surface area contributed by atoms with Crippen LogP contribution in [0.5, 0.6) is 0 Å². The van der Waals surface area contributed by atoms with Crippen molar-refractivity contribution in [1.29, 1.82) is 0 Å². The molecule has 0 radical (unpaired) electrons. The van der Waals surface area contributed by atoms with Crippen LogP contribution in [0, 0.1) is 10.1 Å². The van der Waals surface area contributed by atoms with Gasteiger partial charge in [0.15, 0.2) is 0 Å². The van der Waals surface area contributed by atoms with Crippen molar-refractivity contribution in [2.75, 3.05) is 0 Å². The molecule has 0 atom stereocenters. The van der Waals surface area contributed by atoms with Crippen molar-refractivity contribution < 1.29 is 4.92 Å². The number of hydrogen-bond acceptors (Lipinski definition) is 2. The van der Waals surface area contributed by atoms with Gasteiger partial charge < -0.3 is 0 Å². The van der Waals surface area contributed by atoms with Gasteiger partial charge >= 0.3 is 295 Å². The van der Waals surface area contributed by atoms with Crippen LogP contribution in [-0.4, -0.2) is 19.4 Å². The molecule has 0 aliphatic heterocycles. The number of fused-ring (bicyclic) bond motifs is 7. The third-order valence-corrected chi connectivity index (χ3v) is 12.7. The number of nitro benzene ring substituents is 1. The second-order valence-electron chi connectivity index (χ2n) is 12.8. The van der Waals surface area contributed by atoms with Gasteiger partial charge in [0.1, 0.15) is 0 Å². The van der Waals surface area contributed by atoms with Gasteiger partial charge in [-0.1, -0.05) is 0 Å². The fourth-order valence-electron chi connectivity index (χ4n) is 8.10. The van der Waals surface area contributed by atoms with E-state index in [0.717, 1.165) is 21.9 Å². The Morgan fingerprint density at radius 3 is 1.42 bits per heavy atom. The summed E-state index contributed by atoms with van der Waals surface area (Å²) in [6.07, 6.45) is 0. The number of nitrogens with zero attached hydrogens (tertiary/aromatic N) is 1. The molecule has 10 rings (SSSR count).